The Kier molecular flexibility index (Phi) is 7.25. The van der Waals surface area contributed by atoms with Gasteiger partial charge in [-0.05, 0) is 82.0 Å². The highest BCUT2D eigenvalue weighted by molar-refractivity contribution is 7.78. The second-order valence-electron chi connectivity index (χ2n) is 10.8. The number of aliphatic imine (C=N–C) groups is 1. The molecule has 2 aromatic carbocycles. The largest absolute Gasteiger partial charge is 0.340 e. The zero-order valence-corrected chi connectivity index (χ0v) is 22.1. The lowest BCUT2D eigenvalue weighted by atomic mass is 10.1. The van der Waals surface area contributed by atoms with Gasteiger partial charge in [-0.3, -0.25) is 0 Å². The summed E-state index contributed by atoms with van der Waals surface area (Å²) >= 11 is 0. The monoisotopic (exact) mass is 424 g/mol. The summed E-state index contributed by atoms with van der Waals surface area (Å²) in [4.78, 5) is 5.37. The van der Waals surface area contributed by atoms with Crippen molar-refractivity contribution in [2.45, 2.75) is 93.4 Å². The Morgan fingerprint density at radius 1 is 0.667 bits per heavy atom. The van der Waals surface area contributed by atoms with Crippen molar-refractivity contribution in [1.82, 2.24) is 0 Å². The van der Waals surface area contributed by atoms with Crippen molar-refractivity contribution in [3.63, 3.8) is 0 Å². The van der Waals surface area contributed by atoms with Gasteiger partial charge in [0.05, 0.1) is 5.69 Å². The van der Waals surface area contributed by atoms with E-state index in [-0.39, 0.29) is 10.3 Å². The first-order valence-corrected chi connectivity index (χ1v) is 12.3. The fraction of sp³-hybridized carbons (Fsp3) is 0.519. The van der Waals surface area contributed by atoms with Gasteiger partial charge < -0.3 is 5.32 Å². The van der Waals surface area contributed by atoms with E-state index in [4.69, 9.17) is 4.99 Å². The molecule has 30 heavy (non-hydrogen) atoms. The molecule has 164 valence electrons. The van der Waals surface area contributed by atoms with Crippen LogP contribution in [0.5, 0.6) is 0 Å². The van der Waals surface area contributed by atoms with Gasteiger partial charge in [0.25, 0.3) is 0 Å². The van der Waals surface area contributed by atoms with Crippen LogP contribution in [0.3, 0.4) is 0 Å². The van der Waals surface area contributed by atoms with Crippen LogP contribution in [0.1, 0.15) is 74.9 Å². The van der Waals surface area contributed by atoms with E-state index in [0.29, 0.717) is 0 Å². The summed E-state index contributed by atoms with van der Waals surface area (Å²) < 4.78 is 0. The number of amidine groups is 1. The zero-order chi connectivity index (χ0) is 23.0. The molecule has 0 aliphatic rings. The average molecular weight is 425 g/mol. The lowest BCUT2D eigenvalue weighted by molar-refractivity contribution is 0.717. The first-order chi connectivity index (χ1) is 13.6. The van der Waals surface area contributed by atoms with Crippen LogP contribution in [0.15, 0.2) is 29.3 Å². The molecule has 0 radical (unpaired) electrons. The van der Waals surface area contributed by atoms with Crippen molar-refractivity contribution in [2.75, 3.05) is 5.32 Å². The van der Waals surface area contributed by atoms with Crippen LogP contribution in [-0.4, -0.2) is 15.9 Å². The number of benzene rings is 2. The molecule has 0 amide bonds. The minimum atomic E-state index is -0.580. The Morgan fingerprint density at radius 3 is 1.40 bits per heavy atom. The van der Waals surface area contributed by atoms with E-state index in [0.717, 1.165) is 11.3 Å². The third-order valence-electron chi connectivity index (χ3n) is 5.32. The number of hydrogen-bond donors (Lipinski definition) is 1. The Labute approximate surface area is 186 Å². The number of anilines is 1. The summed E-state index contributed by atoms with van der Waals surface area (Å²) in [7, 11) is -0.580. The van der Waals surface area contributed by atoms with Gasteiger partial charge in [-0.1, -0.05) is 76.9 Å². The number of nitrogens with zero attached hydrogens (tertiary/aromatic N) is 1. The van der Waals surface area contributed by atoms with Crippen LogP contribution < -0.4 is 5.32 Å². The normalized spacial score (nSPS) is 13.2. The van der Waals surface area contributed by atoms with E-state index >= 15 is 0 Å². The molecule has 0 aliphatic carbocycles. The van der Waals surface area contributed by atoms with E-state index in [1.54, 1.807) is 0 Å². The first-order valence-electron chi connectivity index (χ1n) is 10.9. The third kappa shape index (κ3) is 5.73. The van der Waals surface area contributed by atoms with Crippen LogP contribution in [0.2, 0.25) is 0 Å². The maximum absolute atomic E-state index is 5.37. The Bertz CT molecular complexity index is 896. The lowest BCUT2D eigenvalue weighted by Gasteiger charge is -2.42. The summed E-state index contributed by atoms with van der Waals surface area (Å²) in [6.45, 7) is 27.2. The maximum Gasteiger partial charge on any atom is 0.130 e. The zero-order valence-electron chi connectivity index (χ0n) is 21.2. The summed E-state index contributed by atoms with van der Waals surface area (Å²) in [6, 6.07) is 8.99. The van der Waals surface area contributed by atoms with E-state index in [9.17, 15) is 0 Å². The molecule has 0 aromatic heterocycles. The van der Waals surface area contributed by atoms with Gasteiger partial charge in [-0.25, -0.2) is 4.99 Å². The van der Waals surface area contributed by atoms with Crippen molar-refractivity contribution in [3.8, 4) is 0 Å². The highest BCUT2D eigenvalue weighted by Gasteiger charge is 2.39. The molecular weight excluding hydrogens is 383 g/mol. The molecule has 0 saturated carbocycles. The number of aryl methyl sites for hydroxylation is 6. The van der Waals surface area contributed by atoms with Gasteiger partial charge >= 0.3 is 0 Å². The van der Waals surface area contributed by atoms with Crippen LogP contribution >= 0.6 is 7.92 Å². The Morgan fingerprint density at radius 2 is 1.03 bits per heavy atom. The molecule has 2 aromatic rings. The van der Waals surface area contributed by atoms with Gasteiger partial charge in [0.1, 0.15) is 5.58 Å². The third-order valence-corrected chi connectivity index (χ3v) is 8.64. The Balaban J connectivity index is 2.77. The smallest absolute Gasteiger partial charge is 0.130 e. The molecule has 2 rings (SSSR count). The van der Waals surface area contributed by atoms with Crippen molar-refractivity contribution < 1.29 is 0 Å². The van der Waals surface area contributed by atoms with Gasteiger partial charge in [0.2, 0.25) is 0 Å². The molecule has 0 saturated heterocycles. The second kappa shape index (κ2) is 8.83. The molecule has 0 fully saturated rings. The molecule has 2 nitrogen and oxygen atoms in total. The lowest BCUT2D eigenvalue weighted by Crippen LogP contribution is -2.32. The first kappa shape index (κ1) is 24.6. The fourth-order valence-electron chi connectivity index (χ4n) is 4.72. The fourth-order valence-corrected chi connectivity index (χ4v) is 8.43. The van der Waals surface area contributed by atoms with Gasteiger partial charge in [0, 0.05) is 5.69 Å². The van der Waals surface area contributed by atoms with Crippen molar-refractivity contribution in [1.29, 1.82) is 0 Å². The van der Waals surface area contributed by atoms with Crippen LogP contribution in [0.25, 0.3) is 0 Å². The molecular formula is C27H41N2P. The maximum atomic E-state index is 5.37. The molecule has 0 spiro atoms. The quantitative estimate of drug-likeness (QED) is 0.297. The molecule has 0 aliphatic heterocycles. The van der Waals surface area contributed by atoms with Crippen molar-refractivity contribution in [3.05, 3.63) is 57.6 Å². The molecule has 0 bridgehead atoms. The Hall–Kier alpha value is -1.66. The SMILES string of the molecule is Cc1cc(C)c(/N=C(/Nc2c(C)cc(C)cc2C)P(C(C)(C)C)C(C)(C)C)c(C)c1. The standard InChI is InChI=1S/C27H41N2P/c1-17-13-19(3)23(20(4)14-17)28-25(30(26(7,8)9)27(10,11)12)29-24-21(5)15-18(2)16-22(24)6/h13-16H,1-12H3,(H,28,29). The highest BCUT2D eigenvalue weighted by atomic mass is 31.1. The van der Waals surface area contributed by atoms with Gasteiger partial charge in [0.15, 0.2) is 0 Å². The van der Waals surface area contributed by atoms with Crippen molar-refractivity contribution in [2.24, 2.45) is 4.99 Å². The summed E-state index contributed by atoms with van der Waals surface area (Å²) in [5, 5.41) is 4.10. The van der Waals surface area contributed by atoms with Crippen molar-refractivity contribution >= 4 is 24.9 Å². The van der Waals surface area contributed by atoms with E-state index in [2.05, 4.69) is 113 Å². The molecule has 0 atom stereocenters. The number of hydrogen-bond acceptors (Lipinski definition) is 1. The van der Waals surface area contributed by atoms with E-state index in [1.165, 1.54) is 39.1 Å². The predicted molar refractivity (Wildman–Crippen MR) is 138 cm³/mol. The van der Waals surface area contributed by atoms with E-state index < -0.39 is 7.92 Å². The van der Waals surface area contributed by atoms with E-state index in [1.807, 2.05) is 0 Å². The van der Waals surface area contributed by atoms with Gasteiger partial charge in [-0.2, -0.15) is 0 Å². The molecule has 1 N–H and O–H groups in total. The molecule has 0 heterocycles. The minimum Gasteiger partial charge on any atom is -0.340 e. The average Bonchev–Trinajstić information content (AvgIpc) is 2.50. The predicted octanol–water partition coefficient (Wildman–Crippen LogP) is 8.72. The van der Waals surface area contributed by atoms with Crippen LogP contribution in [0, 0.1) is 41.5 Å². The topological polar surface area (TPSA) is 24.4 Å². The summed E-state index contributed by atoms with van der Waals surface area (Å²) in [6.07, 6.45) is 0. The van der Waals surface area contributed by atoms with Gasteiger partial charge in [-0.15, -0.1) is 0 Å². The summed E-state index contributed by atoms with van der Waals surface area (Å²) in [5.74, 6) is 0. The number of rotatable bonds is 3. The molecule has 0 unspecified atom stereocenters. The second-order valence-corrected chi connectivity index (χ2v) is 14.5. The molecule has 3 heteroatoms. The highest BCUT2D eigenvalue weighted by Crippen LogP contribution is 2.60. The van der Waals surface area contributed by atoms with Crippen LogP contribution in [0.4, 0.5) is 11.4 Å². The number of nitrogens with one attached hydrogen (secondary N) is 1. The summed E-state index contributed by atoms with van der Waals surface area (Å²) in [5.41, 5.74) is 11.0. The van der Waals surface area contributed by atoms with Crippen LogP contribution in [-0.2, 0) is 0 Å². The minimum absolute atomic E-state index is 0.123.